The molecule has 0 aliphatic rings. The van der Waals surface area contributed by atoms with Crippen LogP contribution in [0.15, 0.2) is 0 Å². The molecule has 0 fully saturated rings. The van der Waals surface area contributed by atoms with Crippen molar-refractivity contribution in [3.63, 3.8) is 0 Å². The fourth-order valence-electron chi connectivity index (χ4n) is 9.27. The fraction of sp³-hybridized carbons (Fsp3) is 0.948. The Hall–Kier alpha value is -1.63. The van der Waals surface area contributed by atoms with Gasteiger partial charge in [0.1, 0.15) is 0 Å². The lowest BCUT2D eigenvalue weighted by Crippen LogP contribution is -2.38. The summed E-state index contributed by atoms with van der Waals surface area (Å²) in [5, 5.41) is 0. The maximum Gasteiger partial charge on any atom is 0.305 e. The van der Waals surface area contributed by atoms with Crippen LogP contribution in [-0.2, 0) is 23.9 Å². The first kappa shape index (κ1) is 65.5. The van der Waals surface area contributed by atoms with Gasteiger partial charge in [0.2, 0.25) is 5.91 Å². The number of hydrogen-bond donors (Lipinski definition) is 0. The molecule has 0 bridgehead atoms. The summed E-state index contributed by atoms with van der Waals surface area (Å²) in [6.45, 7) is 15.2. The van der Waals surface area contributed by atoms with Crippen molar-refractivity contribution in [3.05, 3.63) is 0 Å². The van der Waals surface area contributed by atoms with Crippen LogP contribution in [-0.4, -0.2) is 74.6 Å². The number of hydrogen-bond acceptors (Lipinski definition) is 6. The van der Waals surface area contributed by atoms with Gasteiger partial charge in [0.15, 0.2) is 0 Å². The molecule has 2 atom stereocenters. The van der Waals surface area contributed by atoms with Crippen LogP contribution in [0, 0.1) is 17.8 Å². The summed E-state index contributed by atoms with van der Waals surface area (Å²) in [5.41, 5.74) is 0. The molecule has 0 aromatic heterocycles. The lowest BCUT2D eigenvalue weighted by atomic mass is 9.92. The largest absolute Gasteiger partial charge is 0.465 e. The summed E-state index contributed by atoms with van der Waals surface area (Å²) in [5.74, 6) is 1.54. The van der Waals surface area contributed by atoms with Gasteiger partial charge in [0, 0.05) is 31.8 Å². The zero-order chi connectivity index (χ0) is 47.1. The second-order valence-electron chi connectivity index (χ2n) is 20.3. The predicted octanol–water partition coefficient (Wildman–Crippen LogP) is 17.3. The van der Waals surface area contributed by atoms with Gasteiger partial charge in [-0.1, -0.05) is 215 Å². The van der Waals surface area contributed by atoms with Gasteiger partial charge in [0.05, 0.1) is 13.2 Å². The Morgan fingerprint density at radius 1 is 0.369 bits per heavy atom. The van der Waals surface area contributed by atoms with Crippen LogP contribution in [0.2, 0.25) is 0 Å². The quantitative estimate of drug-likeness (QED) is 0.0447. The van der Waals surface area contributed by atoms with E-state index in [2.05, 4.69) is 58.5 Å². The summed E-state index contributed by atoms with van der Waals surface area (Å²) in [6.07, 6.45) is 44.5. The summed E-state index contributed by atoms with van der Waals surface area (Å²) in [7, 11) is 4.25. The fourth-order valence-corrected chi connectivity index (χ4v) is 9.27. The van der Waals surface area contributed by atoms with Crippen LogP contribution in [0.1, 0.15) is 292 Å². The molecule has 2 unspecified atom stereocenters. The van der Waals surface area contributed by atoms with Crippen molar-refractivity contribution in [2.24, 2.45) is 17.8 Å². The Morgan fingerprint density at radius 3 is 1.11 bits per heavy atom. The van der Waals surface area contributed by atoms with E-state index in [1.54, 1.807) is 0 Å². The van der Waals surface area contributed by atoms with Crippen molar-refractivity contribution >= 4 is 17.8 Å². The van der Waals surface area contributed by atoms with E-state index in [1.807, 2.05) is 0 Å². The monoisotopic (exact) mass is 921 g/mol. The molecule has 0 N–H and O–H groups in total. The molecular formula is C58H116N2O5. The molecule has 0 saturated carbocycles. The molecule has 0 radical (unpaired) electrons. The van der Waals surface area contributed by atoms with E-state index in [-0.39, 0.29) is 25.3 Å². The van der Waals surface area contributed by atoms with Crippen LogP contribution in [0.25, 0.3) is 0 Å². The number of carbonyl (C=O) groups excluding carboxylic acids is 3. The van der Waals surface area contributed by atoms with Gasteiger partial charge in [-0.25, -0.2) is 0 Å². The molecule has 0 aromatic carbocycles. The van der Waals surface area contributed by atoms with E-state index in [0.29, 0.717) is 43.8 Å². The molecule has 0 spiro atoms. The third kappa shape index (κ3) is 43.4. The lowest BCUT2D eigenvalue weighted by molar-refractivity contribution is -0.146. The Kier molecular flexibility index (Phi) is 50.6. The Morgan fingerprint density at radius 2 is 0.692 bits per heavy atom. The van der Waals surface area contributed by atoms with E-state index in [4.69, 9.17) is 9.47 Å². The number of nitrogens with zero attached hydrogens (tertiary/aromatic N) is 2. The number of unbranched alkanes of at least 4 members (excludes halogenated alkanes) is 23. The minimum absolute atomic E-state index is 0. The van der Waals surface area contributed by atoms with E-state index < -0.39 is 0 Å². The Bertz CT molecular complexity index is 964. The molecule has 0 aromatic rings. The van der Waals surface area contributed by atoms with Crippen molar-refractivity contribution in [2.75, 3.05) is 46.9 Å². The molecule has 65 heavy (non-hydrogen) atoms. The maximum atomic E-state index is 14.3. The first-order valence-electron chi connectivity index (χ1n) is 28.5. The summed E-state index contributed by atoms with van der Waals surface area (Å²) in [6, 6.07) is 0. The molecule has 0 aliphatic carbocycles. The number of amides is 1. The van der Waals surface area contributed by atoms with Crippen molar-refractivity contribution in [1.82, 2.24) is 9.80 Å². The normalized spacial score (nSPS) is 12.8. The van der Waals surface area contributed by atoms with Crippen molar-refractivity contribution in [2.45, 2.75) is 292 Å². The van der Waals surface area contributed by atoms with Crippen molar-refractivity contribution < 1.29 is 23.9 Å². The van der Waals surface area contributed by atoms with Crippen molar-refractivity contribution in [3.8, 4) is 0 Å². The van der Waals surface area contributed by atoms with Gasteiger partial charge in [-0.3, -0.25) is 14.4 Å². The molecule has 7 heteroatoms. The van der Waals surface area contributed by atoms with E-state index >= 15 is 0 Å². The third-order valence-corrected chi connectivity index (χ3v) is 13.7. The molecule has 388 valence electrons. The van der Waals surface area contributed by atoms with Gasteiger partial charge in [-0.05, 0) is 96.7 Å². The highest BCUT2D eigenvalue weighted by atomic mass is 16.5. The minimum atomic E-state index is -0.0120. The average molecular weight is 922 g/mol. The smallest absolute Gasteiger partial charge is 0.305 e. The van der Waals surface area contributed by atoms with E-state index in [1.165, 1.54) is 148 Å². The minimum Gasteiger partial charge on any atom is -0.465 e. The van der Waals surface area contributed by atoms with Crippen LogP contribution >= 0.6 is 0 Å². The number of ether oxygens (including phenoxy) is 2. The van der Waals surface area contributed by atoms with Gasteiger partial charge in [-0.15, -0.1) is 0 Å². The Balaban J connectivity index is 0. The lowest BCUT2D eigenvalue weighted by Gasteiger charge is -2.28. The highest BCUT2D eigenvalue weighted by molar-refractivity contribution is 5.78. The van der Waals surface area contributed by atoms with Gasteiger partial charge >= 0.3 is 11.9 Å². The number of esters is 2. The maximum absolute atomic E-state index is 14.3. The molecule has 0 saturated heterocycles. The number of rotatable bonds is 50. The van der Waals surface area contributed by atoms with Gasteiger partial charge in [0.25, 0.3) is 0 Å². The van der Waals surface area contributed by atoms with E-state index in [9.17, 15) is 14.4 Å². The zero-order valence-electron chi connectivity index (χ0n) is 44.3. The van der Waals surface area contributed by atoms with Crippen LogP contribution in [0.3, 0.4) is 0 Å². The van der Waals surface area contributed by atoms with Crippen LogP contribution in [0.4, 0.5) is 0 Å². The summed E-state index contributed by atoms with van der Waals surface area (Å²) < 4.78 is 11.5. The highest BCUT2D eigenvalue weighted by Crippen LogP contribution is 2.24. The molecule has 0 aliphatic heterocycles. The van der Waals surface area contributed by atoms with Crippen molar-refractivity contribution in [1.29, 1.82) is 0 Å². The SMILES string of the molecule is C.CCCCCCCCN(CCCN(C)C)C(=O)C(CCCCCCCCC(=O)OCC(CCCC)CCCCCC)CCCCCCCCC(=O)OCC(CCCC)CCCCCC. The molecule has 7 nitrogen and oxygen atoms in total. The zero-order valence-corrected chi connectivity index (χ0v) is 44.3. The average Bonchev–Trinajstić information content (AvgIpc) is 3.28. The third-order valence-electron chi connectivity index (χ3n) is 13.7. The molecule has 0 heterocycles. The first-order valence-corrected chi connectivity index (χ1v) is 28.5. The number of carbonyl (C=O) groups is 3. The van der Waals surface area contributed by atoms with E-state index in [0.717, 1.165) is 110 Å². The molecule has 0 rings (SSSR count). The van der Waals surface area contributed by atoms with Crippen LogP contribution < -0.4 is 0 Å². The molecular weight excluding hydrogens is 805 g/mol. The highest BCUT2D eigenvalue weighted by Gasteiger charge is 2.24. The first-order chi connectivity index (χ1) is 31.2. The summed E-state index contributed by atoms with van der Waals surface area (Å²) >= 11 is 0. The van der Waals surface area contributed by atoms with Gasteiger partial charge in [-0.2, -0.15) is 0 Å². The second kappa shape index (κ2) is 50.3. The summed E-state index contributed by atoms with van der Waals surface area (Å²) in [4.78, 5) is 43.9. The second-order valence-corrected chi connectivity index (χ2v) is 20.3. The van der Waals surface area contributed by atoms with Gasteiger partial charge < -0.3 is 19.3 Å². The Labute approximate surface area is 407 Å². The molecule has 1 amide bonds. The van der Waals surface area contributed by atoms with Crippen LogP contribution in [0.5, 0.6) is 0 Å². The standard InChI is InChI=1S/C57H112N2O5.CH4/c1-8-13-18-21-30-37-48-59(49-38-47-58(6)7)57(62)54(43-33-26-22-24-28-35-45-55(60)63-50-52(39-16-11-4)41-31-19-14-9-2)44-34-27-23-25-29-36-46-56(61)64-51-53(40-17-12-5)42-32-20-15-10-3;/h52-54H,8-51H2,1-7H3;1H4. The topological polar surface area (TPSA) is 76.2 Å². The predicted molar refractivity (Wildman–Crippen MR) is 283 cm³/mol.